The van der Waals surface area contributed by atoms with Gasteiger partial charge in [0.1, 0.15) is 6.79 Å². The molecule has 0 bridgehead atoms. The summed E-state index contributed by atoms with van der Waals surface area (Å²) in [5.74, 6) is -0.374. The van der Waals surface area contributed by atoms with Crippen LogP contribution in [0.5, 0.6) is 0 Å². The van der Waals surface area contributed by atoms with Crippen molar-refractivity contribution in [1.82, 2.24) is 5.06 Å². The van der Waals surface area contributed by atoms with Crippen LogP contribution in [0.2, 0.25) is 0 Å². The van der Waals surface area contributed by atoms with Gasteiger partial charge in [0, 0.05) is 14.2 Å². The van der Waals surface area contributed by atoms with E-state index in [1.165, 1.54) is 14.2 Å². The number of hydroxylamine groups is 2. The largest absolute Gasteiger partial charge is 0.359 e. The third kappa shape index (κ3) is 5.78. The molecule has 0 fully saturated rings. The van der Waals surface area contributed by atoms with Gasteiger partial charge in [-0.3, -0.25) is 10.0 Å². The van der Waals surface area contributed by atoms with Gasteiger partial charge in [0.05, 0.1) is 13.0 Å². The van der Waals surface area contributed by atoms with Crippen molar-refractivity contribution in [1.29, 1.82) is 0 Å². The van der Waals surface area contributed by atoms with Crippen molar-refractivity contribution in [2.75, 3.05) is 27.6 Å². The molecule has 0 aliphatic rings. The number of hydrogen-bond donors (Lipinski definition) is 1. The minimum atomic E-state index is -0.374. The van der Waals surface area contributed by atoms with Gasteiger partial charge in [-0.15, -0.1) is 0 Å². The summed E-state index contributed by atoms with van der Waals surface area (Å²) in [5, 5.41) is 9.11. The summed E-state index contributed by atoms with van der Waals surface area (Å²) in [4.78, 5) is 10.7. The van der Waals surface area contributed by atoms with E-state index in [1.54, 1.807) is 0 Å². The Morgan fingerprint density at radius 3 is 2.73 bits per heavy atom. The van der Waals surface area contributed by atoms with Crippen molar-refractivity contribution in [3.05, 3.63) is 0 Å². The lowest BCUT2D eigenvalue weighted by Crippen LogP contribution is -2.23. The molecular weight excluding hydrogens is 150 g/mol. The molecule has 0 heterocycles. The molecule has 0 aromatic rings. The van der Waals surface area contributed by atoms with Gasteiger partial charge in [0.2, 0.25) is 5.91 Å². The van der Waals surface area contributed by atoms with Crippen LogP contribution < -0.4 is 0 Å². The lowest BCUT2D eigenvalue weighted by atomic mass is 10.4. The molecule has 0 spiro atoms. The Morgan fingerprint density at radius 1 is 1.64 bits per heavy atom. The maximum atomic E-state index is 10.7. The molecule has 0 saturated carbocycles. The third-order valence-electron chi connectivity index (χ3n) is 1.02. The highest BCUT2D eigenvalue weighted by atomic mass is 16.7. The Balaban J connectivity index is 3.18. The van der Waals surface area contributed by atoms with Crippen LogP contribution >= 0.6 is 0 Å². The van der Waals surface area contributed by atoms with E-state index in [0.717, 1.165) is 0 Å². The molecule has 11 heavy (non-hydrogen) atoms. The molecule has 0 aromatic carbocycles. The van der Waals surface area contributed by atoms with E-state index in [2.05, 4.69) is 4.74 Å². The van der Waals surface area contributed by atoms with E-state index in [-0.39, 0.29) is 25.7 Å². The quantitative estimate of drug-likeness (QED) is 0.265. The fourth-order valence-electron chi connectivity index (χ4n) is 0.464. The van der Waals surface area contributed by atoms with Crippen molar-refractivity contribution < 1.29 is 19.5 Å². The van der Waals surface area contributed by atoms with Crippen LogP contribution in [0.15, 0.2) is 0 Å². The summed E-state index contributed by atoms with van der Waals surface area (Å²) in [6, 6.07) is 0. The average molecular weight is 163 g/mol. The SMILES string of the molecule is COCOCCC(=O)N(C)O. The van der Waals surface area contributed by atoms with Crippen LogP contribution in [0.25, 0.3) is 0 Å². The Labute approximate surface area is 65.5 Å². The van der Waals surface area contributed by atoms with Crippen LogP contribution in [0.3, 0.4) is 0 Å². The summed E-state index contributed by atoms with van der Waals surface area (Å²) < 4.78 is 9.40. The van der Waals surface area contributed by atoms with E-state index >= 15 is 0 Å². The summed E-state index contributed by atoms with van der Waals surface area (Å²) in [6.07, 6.45) is 0.163. The minimum absolute atomic E-state index is 0.163. The zero-order valence-electron chi connectivity index (χ0n) is 6.74. The minimum Gasteiger partial charge on any atom is -0.359 e. The lowest BCUT2D eigenvalue weighted by molar-refractivity contribution is -0.161. The van der Waals surface area contributed by atoms with Crippen LogP contribution in [0, 0.1) is 0 Å². The van der Waals surface area contributed by atoms with Crippen LogP contribution in [-0.4, -0.2) is 43.7 Å². The van der Waals surface area contributed by atoms with Gasteiger partial charge in [0.25, 0.3) is 0 Å². The second-order valence-corrected chi connectivity index (χ2v) is 1.98. The second kappa shape index (κ2) is 6.09. The van der Waals surface area contributed by atoms with Crippen LogP contribution in [-0.2, 0) is 14.3 Å². The molecular formula is C6H13NO4. The van der Waals surface area contributed by atoms with Crippen molar-refractivity contribution in [3.8, 4) is 0 Å². The summed E-state index contributed by atoms with van der Waals surface area (Å²) in [6.45, 7) is 0.431. The van der Waals surface area contributed by atoms with Gasteiger partial charge in [0.15, 0.2) is 0 Å². The predicted octanol–water partition coefficient (Wildman–Crippen LogP) is -0.155. The van der Waals surface area contributed by atoms with Crippen molar-refractivity contribution in [2.24, 2.45) is 0 Å². The fourth-order valence-corrected chi connectivity index (χ4v) is 0.464. The molecule has 0 rings (SSSR count). The fraction of sp³-hybridized carbons (Fsp3) is 0.833. The molecule has 1 amide bonds. The third-order valence-corrected chi connectivity index (χ3v) is 1.02. The van der Waals surface area contributed by atoms with Gasteiger partial charge < -0.3 is 9.47 Å². The highest BCUT2D eigenvalue weighted by molar-refractivity contribution is 5.74. The predicted molar refractivity (Wildman–Crippen MR) is 37.0 cm³/mol. The molecule has 66 valence electrons. The topological polar surface area (TPSA) is 59.0 Å². The number of amides is 1. The number of carbonyl (C=O) groups excluding carboxylic acids is 1. The normalized spacial score (nSPS) is 9.73. The highest BCUT2D eigenvalue weighted by Crippen LogP contribution is 1.87. The Bertz CT molecular complexity index is 115. The van der Waals surface area contributed by atoms with E-state index in [4.69, 9.17) is 9.94 Å². The first kappa shape index (κ1) is 10.3. The summed E-state index contributed by atoms with van der Waals surface area (Å²) in [5.41, 5.74) is 0. The molecule has 1 N–H and O–H groups in total. The lowest BCUT2D eigenvalue weighted by Gasteiger charge is -2.07. The maximum Gasteiger partial charge on any atom is 0.247 e. The van der Waals surface area contributed by atoms with Crippen molar-refractivity contribution in [2.45, 2.75) is 6.42 Å². The van der Waals surface area contributed by atoms with E-state index in [0.29, 0.717) is 5.06 Å². The second-order valence-electron chi connectivity index (χ2n) is 1.98. The number of methoxy groups -OCH3 is 1. The zero-order valence-corrected chi connectivity index (χ0v) is 6.74. The molecule has 0 aromatic heterocycles. The van der Waals surface area contributed by atoms with Crippen LogP contribution in [0.1, 0.15) is 6.42 Å². The first-order valence-corrected chi connectivity index (χ1v) is 3.20. The number of nitrogens with zero attached hydrogens (tertiary/aromatic N) is 1. The van der Waals surface area contributed by atoms with E-state index < -0.39 is 0 Å². The molecule has 0 unspecified atom stereocenters. The number of ether oxygens (including phenoxy) is 2. The Hall–Kier alpha value is -0.650. The van der Waals surface area contributed by atoms with E-state index in [9.17, 15) is 4.79 Å². The Morgan fingerprint density at radius 2 is 2.27 bits per heavy atom. The first-order valence-electron chi connectivity index (χ1n) is 3.20. The van der Waals surface area contributed by atoms with Gasteiger partial charge in [-0.1, -0.05) is 0 Å². The molecule has 0 aliphatic carbocycles. The average Bonchev–Trinajstić information content (AvgIpc) is 1.97. The zero-order chi connectivity index (χ0) is 8.69. The molecule has 0 atom stereocenters. The smallest absolute Gasteiger partial charge is 0.247 e. The van der Waals surface area contributed by atoms with Crippen molar-refractivity contribution in [3.63, 3.8) is 0 Å². The first-order chi connectivity index (χ1) is 5.18. The number of carbonyl (C=O) groups is 1. The summed E-state index contributed by atoms with van der Waals surface area (Å²) in [7, 11) is 2.78. The molecule has 0 saturated heterocycles. The van der Waals surface area contributed by atoms with Gasteiger partial charge in [-0.05, 0) is 0 Å². The maximum absolute atomic E-state index is 10.7. The van der Waals surface area contributed by atoms with Crippen molar-refractivity contribution >= 4 is 5.91 Å². The number of hydrogen-bond acceptors (Lipinski definition) is 4. The molecule has 5 heteroatoms. The summed E-state index contributed by atoms with van der Waals surface area (Å²) >= 11 is 0. The monoisotopic (exact) mass is 163 g/mol. The molecule has 5 nitrogen and oxygen atoms in total. The van der Waals surface area contributed by atoms with Gasteiger partial charge in [-0.25, -0.2) is 5.06 Å². The van der Waals surface area contributed by atoms with E-state index in [1.807, 2.05) is 0 Å². The Kier molecular flexibility index (Phi) is 5.73. The van der Waals surface area contributed by atoms with Crippen LogP contribution in [0.4, 0.5) is 0 Å². The molecule has 0 radical (unpaired) electrons. The van der Waals surface area contributed by atoms with Gasteiger partial charge >= 0.3 is 0 Å². The van der Waals surface area contributed by atoms with Gasteiger partial charge in [-0.2, -0.15) is 0 Å². The number of rotatable bonds is 5. The standard InChI is InChI=1S/C6H13NO4/c1-7(9)6(8)3-4-11-5-10-2/h9H,3-5H2,1-2H3. The highest BCUT2D eigenvalue weighted by Gasteiger charge is 2.03. The molecule has 0 aliphatic heterocycles.